The van der Waals surface area contributed by atoms with E-state index in [-0.39, 0.29) is 11.6 Å². The average Bonchev–Trinajstić information content (AvgIpc) is 3.02. The predicted molar refractivity (Wildman–Crippen MR) is 92.7 cm³/mol. The summed E-state index contributed by atoms with van der Waals surface area (Å²) in [5.41, 5.74) is 3.77. The molecule has 0 saturated heterocycles. The Hall–Kier alpha value is -3.14. The van der Waals surface area contributed by atoms with Gasteiger partial charge in [0.1, 0.15) is 5.82 Å². The fraction of sp³-hybridized carbons (Fsp3) is 0.100. The second-order valence-electron chi connectivity index (χ2n) is 5.84. The van der Waals surface area contributed by atoms with Crippen molar-refractivity contribution in [2.75, 3.05) is 4.90 Å². The number of pyridine rings is 1. The number of nitrogens with zero attached hydrogens (tertiary/aromatic N) is 2. The first-order valence-corrected chi connectivity index (χ1v) is 7.85. The summed E-state index contributed by atoms with van der Waals surface area (Å²) in [6.45, 7) is 0. The Balaban J connectivity index is 1.85. The molecule has 0 spiro atoms. The van der Waals surface area contributed by atoms with Crippen molar-refractivity contribution in [3.63, 3.8) is 0 Å². The number of carboxylic acid groups (broad SMARTS) is 1. The highest BCUT2D eigenvalue weighted by molar-refractivity contribution is 5.89. The summed E-state index contributed by atoms with van der Waals surface area (Å²) in [6, 6.07) is 21.7. The second-order valence-corrected chi connectivity index (χ2v) is 5.84. The van der Waals surface area contributed by atoms with Crippen LogP contribution in [0.4, 0.5) is 11.5 Å². The van der Waals surface area contributed by atoms with Crippen LogP contribution >= 0.6 is 0 Å². The fourth-order valence-electron chi connectivity index (χ4n) is 3.29. The molecule has 0 radical (unpaired) electrons. The predicted octanol–water partition coefficient (Wildman–Crippen LogP) is 4.22. The Bertz CT molecular complexity index is 893. The monoisotopic (exact) mass is 316 g/mol. The normalized spacial score (nSPS) is 16.0. The molecule has 0 fully saturated rings. The molecule has 2 aromatic carbocycles. The fourth-order valence-corrected chi connectivity index (χ4v) is 3.29. The molecule has 24 heavy (non-hydrogen) atoms. The molecule has 3 aromatic rings. The number of benzene rings is 2. The summed E-state index contributed by atoms with van der Waals surface area (Å²) in [5.74, 6) is -0.281. The number of hydrogen-bond acceptors (Lipinski definition) is 3. The van der Waals surface area contributed by atoms with Crippen molar-refractivity contribution in [1.82, 2.24) is 4.98 Å². The smallest absolute Gasteiger partial charge is 0.335 e. The first-order chi connectivity index (χ1) is 11.7. The Labute approximate surface area is 140 Å². The molecule has 1 unspecified atom stereocenters. The van der Waals surface area contributed by atoms with Gasteiger partial charge in [-0.1, -0.05) is 48.5 Å². The molecule has 4 nitrogen and oxygen atoms in total. The molecule has 0 amide bonds. The van der Waals surface area contributed by atoms with Crippen LogP contribution in [0.3, 0.4) is 0 Å². The first-order valence-electron chi connectivity index (χ1n) is 7.85. The highest BCUT2D eigenvalue weighted by Gasteiger charge is 2.32. The second kappa shape index (κ2) is 5.81. The van der Waals surface area contributed by atoms with E-state index in [4.69, 9.17) is 0 Å². The van der Waals surface area contributed by atoms with Crippen LogP contribution in [-0.2, 0) is 6.42 Å². The van der Waals surface area contributed by atoms with Gasteiger partial charge in [-0.2, -0.15) is 0 Å². The third-order valence-electron chi connectivity index (χ3n) is 4.40. The van der Waals surface area contributed by atoms with Gasteiger partial charge in [0.05, 0.1) is 11.6 Å². The molecule has 4 heteroatoms. The van der Waals surface area contributed by atoms with E-state index in [1.807, 2.05) is 30.3 Å². The van der Waals surface area contributed by atoms with Gasteiger partial charge in [0.2, 0.25) is 0 Å². The van der Waals surface area contributed by atoms with E-state index in [2.05, 4.69) is 34.1 Å². The van der Waals surface area contributed by atoms with Crippen LogP contribution in [-0.4, -0.2) is 16.1 Å². The lowest BCUT2D eigenvalue weighted by atomic mass is 10.0. The van der Waals surface area contributed by atoms with Crippen LogP contribution in [0, 0.1) is 0 Å². The van der Waals surface area contributed by atoms with E-state index in [1.54, 1.807) is 12.3 Å². The molecular weight excluding hydrogens is 300 g/mol. The molecule has 1 atom stereocenters. The summed E-state index contributed by atoms with van der Waals surface area (Å²) in [5, 5.41) is 9.28. The minimum Gasteiger partial charge on any atom is -0.478 e. The molecule has 0 aliphatic carbocycles. The molecular formula is C20H16N2O2. The zero-order chi connectivity index (χ0) is 16.5. The maximum absolute atomic E-state index is 11.3. The van der Waals surface area contributed by atoms with Crippen LogP contribution in [0.1, 0.15) is 27.5 Å². The number of carboxylic acids is 1. The summed E-state index contributed by atoms with van der Waals surface area (Å²) in [7, 11) is 0. The number of fused-ring (bicyclic) bond motifs is 1. The molecule has 4 rings (SSSR count). The lowest BCUT2D eigenvalue weighted by molar-refractivity contribution is 0.0697. The van der Waals surface area contributed by atoms with E-state index in [0.717, 1.165) is 12.1 Å². The summed E-state index contributed by atoms with van der Waals surface area (Å²) < 4.78 is 0. The molecule has 0 bridgehead atoms. The number of aromatic carboxylic acids is 1. The van der Waals surface area contributed by atoms with Crippen LogP contribution in [0.25, 0.3) is 0 Å². The molecule has 1 aromatic heterocycles. The van der Waals surface area contributed by atoms with Crippen molar-refractivity contribution in [1.29, 1.82) is 0 Å². The Morgan fingerprint density at radius 1 is 1.04 bits per heavy atom. The number of anilines is 2. The molecule has 2 heterocycles. The molecule has 1 aliphatic heterocycles. The quantitative estimate of drug-likeness (QED) is 0.786. The number of aromatic nitrogens is 1. The van der Waals surface area contributed by atoms with Gasteiger partial charge in [-0.25, -0.2) is 9.78 Å². The Kier molecular flexibility index (Phi) is 3.50. The average molecular weight is 316 g/mol. The van der Waals surface area contributed by atoms with Gasteiger partial charge in [0.15, 0.2) is 0 Å². The van der Waals surface area contributed by atoms with E-state index in [0.29, 0.717) is 5.82 Å². The summed E-state index contributed by atoms with van der Waals surface area (Å²) >= 11 is 0. The van der Waals surface area contributed by atoms with E-state index >= 15 is 0 Å². The molecule has 1 N–H and O–H groups in total. The van der Waals surface area contributed by atoms with Gasteiger partial charge in [0.25, 0.3) is 0 Å². The zero-order valence-corrected chi connectivity index (χ0v) is 13.0. The third kappa shape index (κ3) is 2.42. The lowest BCUT2D eigenvalue weighted by Crippen LogP contribution is -2.21. The number of hydrogen-bond donors (Lipinski definition) is 1. The van der Waals surface area contributed by atoms with Crippen LogP contribution in [0.2, 0.25) is 0 Å². The highest BCUT2D eigenvalue weighted by Crippen LogP contribution is 2.44. The van der Waals surface area contributed by atoms with Gasteiger partial charge in [-0.3, -0.25) is 0 Å². The number of para-hydroxylation sites is 1. The van der Waals surface area contributed by atoms with Crippen molar-refractivity contribution in [3.05, 3.63) is 89.6 Å². The SMILES string of the molecule is O=C(O)c1ccnc(N2c3ccccc3CC2c2ccccc2)c1. The summed E-state index contributed by atoms with van der Waals surface area (Å²) in [4.78, 5) is 17.9. The molecule has 0 saturated carbocycles. The van der Waals surface area contributed by atoms with Crippen molar-refractivity contribution in [2.45, 2.75) is 12.5 Å². The summed E-state index contributed by atoms with van der Waals surface area (Å²) in [6.07, 6.45) is 2.43. The Morgan fingerprint density at radius 2 is 1.79 bits per heavy atom. The van der Waals surface area contributed by atoms with Crippen molar-refractivity contribution in [3.8, 4) is 0 Å². The lowest BCUT2D eigenvalue weighted by Gasteiger charge is -2.27. The van der Waals surface area contributed by atoms with Crippen molar-refractivity contribution < 1.29 is 9.90 Å². The minimum absolute atomic E-state index is 0.111. The zero-order valence-electron chi connectivity index (χ0n) is 13.0. The maximum atomic E-state index is 11.3. The van der Waals surface area contributed by atoms with Gasteiger partial charge in [0, 0.05) is 11.9 Å². The standard InChI is InChI=1S/C20H16N2O2/c23-20(24)16-10-11-21-19(13-16)22-17-9-5-4-8-15(17)12-18(22)14-6-2-1-3-7-14/h1-11,13,18H,12H2,(H,23,24). The van der Waals surface area contributed by atoms with Crippen LogP contribution in [0.15, 0.2) is 72.9 Å². The first kappa shape index (κ1) is 14.5. The number of rotatable bonds is 3. The Morgan fingerprint density at radius 3 is 2.58 bits per heavy atom. The van der Waals surface area contributed by atoms with Gasteiger partial charge < -0.3 is 10.0 Å². The number of carbonyl (C=O) groups is 1. The van der Waals surface area contributed by atoms with Gasteiger partial charge >= 0.3 is 5.97 Å². The van der Waals surface area contributed by atoms with Crippen LogP contribution in [0.5, 0.6) is 0 Å². The van der Waals surface area contributed by atoms with Gasteiger partial charge in [-0.05, 0) is 35.7 Å². The van der Waals surface area contributed by atoms with Crippen molar-refractivity contribution >= 4 is 17.5 Å². The third-order valence-corrected chi connectivity index (χ3v) is 4.40. The topological polar surface area (TPSA) is 53.4 Å². The molecule has 1 aliphatic rings. The largest absolute Gasteiger partial charge is 0.478 e. The van der Waals surface area contributed by atoms with E-state index in [1.165, 1.54) is 17.2 Å². The van der Waals surface area contributed by atoms with Crippen molar-refractivity contribution in [2.24, 2.45) is 0 Å². The van der Waals surface area contributed by atoms with Gasteiger partial charge in [-0.15, -0.1) is 0 Å². The maximum Gasteiger partial charge on any atom is 0.335 e. The van der Waals surface area contributed by atoms with Crippen LogP contribution < -0.4 is 4.90 Å². The van der Waals surface area contributed by atoms with E-state index in [9.17, 15) is 9.90 Å². The minimum atomic E-state index is -0.942. The molecule has 118 valence electrons. The highest BCUT2D eigenvalue weighted by atomic mass is 16.4. The van der Waals surface area contributed by atoms with E-state index < -0.39 is 5.97 Å².